The summed E-state index contributed by atoms with van der Waals surface area (Å²) < 4.78 is 6.08. The van der Waals surface area contributed by atoms with Gasteiger partial charge in [0.05, 0.1) is 11.8 Å². The number of nitriles is 1. The highest BCUT2D eigenvalue weighted by Gasteiger charge is 2.13. The van der Waals surface area contributed by atoms with Crippen LogP contribution >= 0.6 is 0 Å². The van der Waals surface area contributed by atoms with Crippen LogP contribution < -0.4 is 9.47 Å². The number of ether oxygens (including phenoxy) is 1. The van der Waals surface area contributed by atoms with Gasteiger partial charge in [0.25, 0.3) is 0 Å². The van der Waals surface area contributed by atoms with Crippen LogP contribution in [0.3, 0.4) is 0 Å². The fourth-order valence-electron chi connectivity index (χ4n) is 1.61. The van der Waals surface area contributed by atoms with Crippen molar-refractivity contribution in [1.29, 1.82) is 5.26 Å². The second-order valence-corrected chi connectivity index (χ2v) is 3.80. The molecule has 0 aromatic carbocycles. The van der Waals surface area contributed by atoms with Crippen molar-refractivity contribution in [3.8, 4) is 17.7 Å². The molecule has 2 heterocycles. The van der Waals surface area contributed by atoms with E-state index in [2.05, 4.69) is 4.98 Å². The van der Waals surface area contributed by atoms with Crippen molar-refractivity contribution in [3.05, 3.63) is 52.6 Å². The lowest BCUT2D eigenvalue weighted by Gasteiger charge is -2.09. The van der Waals surface area contributed by atoms with Crippen molar-refractivity contribution in [2.75, 3.05) is 0 Å². The Bertz CT molecular complexity index is 633. The van der Waals surface area contributed by atoms with Crippen LogP contribution in [0.2, 0.25) is 0 Å². The van der Waals surface area contributed by atoms with E-state index in [-0.39, 0.29) is 5.88 Å². The third-order valence-electron chi connectivity index (χ3n) is 2.41. The lowest BCUT2D eigenvalue weighted by Crippen LogP contribution is -2.26. The summed E-state index contributed by atoms with van der Waals surface area (Å²) in [5.41, 5.74) is 1.65. The predicted molar refractivity (Wildman–Crippen MR) is 63.9 cm³/mol. The van der Waals surface area contributed by atoms with Crippen molar-refractivity contribution in [2.24, 2.45) is 0 Å². The molecule has 0 fully saturated rings. The zero-order chi connectivity index (χ0) is 13.1. The molecule has 0 N–H and O–H groups in total. The summed E-state index contributed by atoms with van der Waals surface area (Å²) in [7, 11) is 0. The van der Waals surface area contributed by atoms with Gasteiger partial charge in [-0.3, -0.25) is 4.98 Å². The number of hydrogen-bond donors (Lipinski definition) is 0. The van der Waals surface area contributed by atoms with E-state index in [9.17, 15) is 5.21 Å². The highest BCUT2D eigenvalue weighted by Crippen LogP contribution is 2.25. The summed E-state index contributed by atoms with van der Waals surface area (Å²) in [6.07, 6.45) is 1.34. The molecule has 0 spiro atoms. The molecule has 5 nitrogen and oxygen atoms in total. The van der Waals surface area contributed by atoms with Gasteiger partial charge in [0, 0.05) is 17.8 Å². The van der Waals surface area contributed by atoms with Gasteiger partial charge < -0.3 is 9.94 Å². The second kappa shape index (κ2) is 4.72. The van der Waals surface area contributed by atoms with Crippen molar-refractivity contribution >= 4 is 0 Å². The first-order valence-corrected chi connectivity index (χ1v) is 5.36. The van der Waals surface area contributed by atoms with Crippen LogP contribution in [0.25, 0.3) is 0 Å². The highest BCUT2D eigenvalue weighted by molar-refractivity contribution is 5.47. The van der Waals surface area contributed by atoms with Gasteiger partial charge in [-0.2, -0.15) is 5.26 Å². The first-order chi connectivity index (χ1) is 8.61. The van der Waals surface area contributed by atoms with Crippen molar-refractivity contribution in [1.82, 2.24) is 4.98 Å². The molecule has 0 aliphatic carbocycles. The maximum atomic E-state index is 11.5. The molecule has 0 saturated carbocycles. The summed E-state index contributed by atoms with van der Waals surface area (Å²) in [6, 6.07) is 8.51. The molecule has 18 heavy (non-hydrogen) atoms. The number of aromatic nitrogens is 2. The van der Waals surface area contributed by atoms with Crippen molar-refractivity contribution in [2.45, 2.75) is 13.8 Å². The number of pyridine rings is 2. The van der Waals surface area contributed by atoms with E-state index >= 15 is 0 Å². The van der Waals surface area contributed by atoms with Gasteiger partial charge in [-0.25, -0.2) is 0 Å². The number of rotatable bonds is 2. The largest absolute Gasteiger partial charge is 0.616 e. The summed E-state index contributed by atoms with van der Waals surface area (Å²) in [5.74, 6) is 0.470. The predicted octanol–water partition coefficient (Wildman–Crippen LogP) is 2.00. The normalized spacial score (nSPS) is 9.83. The Morgan fingerprint density at radius 2 is 2.17 bits per heavy atom. The number of hydrogen-bond acceptors (Lipinski definition) is 4. The Morgan fingerprint density at radius 3 is 2.83 bits per heavy atom. The molecule has 2 aromatic heterocycles. The van der Waals surface area contributed by atoms with E-state index in [1.165, 1.54) is 6.20 Å². The topological polar surface area (TPSA) is 72.8 Å². The van der Waals surface area contributed by atoms with Crippen molar-refractivity contribution < 1.29 is 9.47 Å². The molecular weight excluding hydrogens is 230 g/mol. The van der Waals surface area contributed by atoms with Crippen LogP contribution in [0.15, 0.2) is 30.5 Å². The number of aryl methyl sites for hydroxylation is 2. The van der Waals surface area contributed by atoms with Gasteiger partial charge in [-0.1, -0.05) is 0 Å². The van der Waals surface area contributed by atoms with Gasteiger partial charge >= 0.3 is 5.88 Å². The average molecular weight is 241 g/mol. The molecule has 5 heteroatoms. The van der Waals surface area contributed by atoms with E-state index < -0.39 is 0 Å². The van der Waals surface area contributed by atoms with E-state index in [0.29, 0.717) is 21.7 Å². The van der Waals surface area contributed by atoms with Gasteiger partial charge in [0.15, 0.2) is 11.9 Å². The van der Waals surface area contributed by atoms with Gasteiger partial charge in [-0.05, 0) is 19.9 Å². The second-order valence-electron chi connectivity index (χ2n) is 3.80. The zero-order valence-corrected chi connectivity index (χ0v) is 10.0. The van der Waals surface area contributed by atoms with E-state index in [1.807, 2.05) is 6.07 Å². The van der Waals surface area contributed by atoms with Gasteiger partial charge in [0.1, 0.15) is 11.6 Å². The molecule has 0 aliphatic heterocycles. The summed E-state index contributed by atoms with van der Waals surface area (Å²) >= 11 is 0. The lowest BCUT2D eigenvalue weighted by molar-refractivity contribution is -0.611. The molecule has 0 radical (unpaired) electrons. The molecule has 0 aliphatic rings. The molecule has 0 bridgehead atoms. The Morgan fingerprint density at radius 1 is 1.39 bits per heavy atom. The third-order valence-corrected chi connectivity index (χ3v) is 2.41. The Kier molecular flexibility index (Phi) is 3.11. The van der Waals surface area contributed by atoms with Crippen LogP contribution in [0.1, 0.15) is 17.0 Å². The minimum Gasteiger partial charge on any atom is -0.616 e. The van der Waals surface area contributed by atoms with E-state index in [0.717, 1.165) is 5.69 Å². The molecule has 2 rings (SSSR count). The zero-order valence-electron chi connectivity index (χ0n) is 10.0. The Balaban J connectivity index is 2.47. The SMILES string of the molecule is Cc1cc(Oc2cccc[n+]2[O-])c(C#N)c(C)n1. The van der Waals surface area contributed by atoms with Crippen LogP contribution in [0.4, 0.5) is 0 Å². The first kappa shape index (κ1) is 11.9. The molecule has 0 unspecified atom stereocenters. The molecule has 90 valence electrons. The van der Waals surface area contributed by atoms with E-state index in [1.54, 1.807) is 38.1 Å². The molecule has 0 saturated heterocycles. The summed E-state index contributed by atoms with van der Waals surface area (Å²) in [4.78, 5) is 4.18. The van der Waals surface area contributed by atoms with Gasteiger partial charge in [-0.15, -0.1) is 4.73 Å². The molecule has 2 aromatic rings. The van der Waals surface area contributed by atoms with Crippen LogP contribution in [-0.4, -0.2) is 4.98 Å². The molecule has 0 atom stereocenters. The first-order valence-electron chi connectivity index (χ1n) is 5.36. The average Bonchev–Trinajstić information content (AvgIpc) is 2.31. The molecule has 0 amide bonds. The van der Waals surface area contributed by atoms with E-state index in [4.69, 9.17) is 10.00 Å². The minimum absolute atomic E-state index is 0.124. The van der Waals surface area contributed by atoms with Crippen molar-refractivity contribution in [3.63, 3.8) is 0 Å². The fraction of sp³-hybridized carbons (Fsp3) is 0.154. The minimum atomic E-state index is 0.124. The van der Waals surface area contributed by atoms with Crippen LogP contribution in [-0.2, 0) is 0 Å². The summed E-state index contributed by atoms with van der Waals surface area (Å²) in [5, 5.41) is 20.6. The lowest BCUT2D eigenvalue weighted by atomic mass is 10.2. The Hall–Kier alpha value is -2.61. The van der Waals surface area contributed by atoms with Crippen LogP contribution in [0, 0.1) is 30.4 Å². The smallest absolute Gasteiger partial charge is 0.384 e. The molecular formula is C13H11N3O2. The third kappa shape index (κ3) is 2.23. The monoisotopic (exact) mass is 241 g/mol. The maximum absolute atomic E-state index is 11.5. The fourth-order valence-corrected chi connectivity index (χ4v) is 1.61. The number of nitrogens with zero attached hydrogens (tertiary/aromatic N) is 3. The quantitative estimate of drug-likeness (QED) is 0.595. The Labute approximate surface area is 104 Å². The maximum Gasteiger partial charge on any atom is 0.384 e. The highest BCUT2D eigenvalue weighted by atomic mass is 16.6. The van der Waals surface area contributed by atoms with Gasteiger partial charge in [0.2, 0.25) is 0 Å². The summed E-state index contributed by atoms with van der Waals surface area (Å²) in [6.45, 7) is 3.53. The standard InChI is InChI=1S/C13H11N3O2/c1-9-7-12(11(8-14)10(2)15-9)18-13-5-3-4-6-16(13)17/h3-7H,1-2H3. The van der Waals surface area contributed by atoms with Crippen LogP contribution in [0.5, 0.6) is 11.6 Å².